The van der Waals surface area contributed by atoms with Crippen LogP contribution in [0.4, 0.5) is 9.52 Å². The van der Waals surface area contributed by atoms with Gasteiger partial charge in [0, 0.05) is 12.1 Å². The van der Waals surface area contributed by atoms with Crippen LogP contribution < -0.4 is 16.0 Å². The summed E-state index contributed by atoms with van der Waals surface area (Å²) in [5, 5.41) is 3.33. The van der Waals surface area contributed by atoms with Crippen molar-refractivity contribution in [2.75, 3.05) is 24.6 Å². The van der Waals surface area contributed by atoms with Crippen molar-refractivity contribution in [1.82, 2.24) is 15.3 Å². The summed E-state index contributed by atoms with van der Waals surface area (Å²) >= 11 is 13.0. The largest absolute Gasteiger partial charge is 0.462 e. The highest BCUT2D eigenvalue weighted by Gasteiger charge is 2.34. The molecule has 0 bridgehead atoms. The first-order chi connectivity index (χ1) is 14.6. The molecule has 9 nitrogen and oxygen atoms in total. The van der Waals surface area contributed by atoms with Crippen LogP contribution in [0.25, 0.3) is 0 Å². The molecule has 1 fully saturated rings. The second-order valence-corrected chi connectivity index (χ2v) is 8.58. The number of H-pyrrole nitrogens is 1. The monoisotopic (exact) mass is 491 g/mol. The Balaban J connectivity index is 1.70. The maximum Gasteiger partial charge on any atom is 0.350 e. The molecule has 168 valence electrons. The molecule has 2 aromatic rings. The minimum absolute atomic E-state index is 0.0242. The van der Waals surface area contributed by atoms with E-state index in [0.29, 0.717) is 12.1 Å². The predicted octanol–water partition coefficient (Wildman–Crippen LogP) is 2.71. The molecule has 0 unspecified atom stereocenters. The number of aromatic amines is 1. The quantitative estimate of drug-likeness (QED) is 0.532. The van der Waals surface area contributed by atoms with Crippen molar-refractivity contribution >= 4 is 57.5 Å². The van der Waals surface area contributed by atoms with E-state index in [1.165, 1.54) is 0 Å². The van der Waals surface area contributed by atoms with Gasteiger partial charge in [0.1, 0.15) is 21.9 Å². The fourth-order valence-electron chi connectivity index (χ4n) is 3.13. The van der Waals surface area contributed by atoms with E-state index in [9.17, 15) is 18.8 Å². The Labute approximate surface area is 191 Å². The number of piperidine rings is 1. The highest BCUT2D eigenvalue weighted by atomic mass is 35.5. The number of nitrogens with zero attached hydrogens (tertiary/aromatic N) is 2. The predicted molar refractivity (Wildman–Crippen MR) is 115 cm³/mol. The van der Waals surface area contributed by atoms with Crippen molar-refractivity contribution in [2.24, 2.45) is 5.73 Å². The molecule has 0 spiro atoms. The Bertz CT molecular complexity index is 1030. The van der Waals surface area contributed by atoms with Crippen LogP contribution in [0.15, 0.2) is 0 Å². The van der Waals surface area contributed by atoms with Crippen molar-refractivity contribution < 1.29 is 23.5 Å². The third-order valence-corrected chi connectivity index (χ3v) is 6.72. The summed E-state index contributed by atoms with van der Waals surface area (Å²) in [5.74, 6) is -2.15. The normalized spacial score (nSPS) is 18.7. The minimum Gasteiger partial charge on any atom is -0.462 e. The van der Waals surface area contributed by atoms with Crippen LogP contribution >= 0.6 is 34.5 Å². The number of amides is 2. The molecule has 2 aromatic heterocycles. The van der Waals surface area contributed by atoms with Crippen molar-refractivity contribution in [3.63, 3.8) is 0 Å². The first-order valence-corrected chi connectivity index (χ1v) is 10.9. The molecule has 0 aromatic carbocycles. The average molecular weight is 492 g/mol. The lowest BCUT2D eigenvalue weighted by Crippen LogP contribution is -2.52. The lowest BCUT2D eigenvalue weighted by Gasteiger charge is -2.34. The molecule has 4 N–H and O–H groups in total. The van der Waals surface area contributed by atoms with Crippen LogP contribution in [0.2, 0.25) is 10.2 Å². The molecule has 2 amide bonds. The number of esters is 1. The Hall–Kier alpha value is -2.37. The second-order valence-electron chi connectivity index (χ2n) is 6.84. The number of halogens is 3. The van der Waals surface area contributed by atoms with Crippen LogP contribution in [0.1, 0.15) is 49.6 Å². The molecular formula is C18H20Cl2FN5O4S. The Morgan fingerprint density at radius 3 is 2.68 bits per heavy atom. The van der Waals surface area contributed by atoms with E-state index in [4.69, 9.17) is 33.7 Å². The zero-order chi connectivity index (χ0) is 22.9. The highest BCUT2D eigenvalue weighted by Crippen LogP contribution is 2.31. The van der Waals surface area contributed by atoms with Gasteiger partial charge in [0.2, 0.25) is 0 Å². The molecule has 0 aliphatic carbocycles. The second kappa shape index (κ2) is 9.41. The maximum atomic E-state index is 14.9. The number of alkyl halides is 1. The number of nitrogens with two attached hydrogens (primary N) is 1. The third-order valence-electron chi connectivity index (χ3n) is 4.78. The summed E-state index contributed by atoms with van der Waals surface area (Å²) in [7, 11) is 0. The summed E-state index contributed by atoms with van der Waals surface area (Å²) in [5.41, 5.74) is 5.71. The van der Waals surface area contributed by atoms with E-state index < -0.39 is 30.0 Å². The summed E-state index contributed by atoms with van der Waals surface area (Å²) in [6.45, 7) is 3.64. The van der Waals surface area contributed by atoms with Crippen LogP contribution in [0.3, 0.4) is 0 Å². The van der Waals surface area contributed by atoms with Gasteiger partial charge >= 0.3 is 5.97 Å². The van der Waals surface area contributed by atoms with E-state index in [1.807, 2.05) is 0 Å². The fourth-order valence-corrected chi connectivity index (χ4v) is 4.59. The van der Waals surface area contributed by atoms with E-state index >= 15 is 0 Å². The number of hydrogen-bond acceptors (Lipinski definition) is 7. The number of ether oxygens (including phenoxy) is 1. The van der Waals surface area contributed by atoms with Crippen molar-refractivity contribution in [3.05, 3.63) is 32.0 Å². The van der Waals surface area contributed by atoms with Gasteiger partial charge in [-0.2, -0.15) is 0 Å². The zero-order valence-electron chi connectivity index (χ0n) is 16.6. The van der Waals surface area contributed by atoms with Gasteiger partial charge in [0.25, 0.3) is 11.8 Å². The van der Waals surface area contributed by atoms with Gasteiger partial charge in [-0.05, 0) is 20.3 Å². The number of carbonyl (C=O) groups excluding carboxylic acids is 3. The standard InChI is InChI=1S/C18H20Cl2FN5O4S/c1-3-30-17(29)13-12(15(22)27)25-18(31-13)26-5-4-9(8(21)6-26)23-16(28)11-10(19)7(2)14(20)24-11/h8-9,24H,3-6H2,1-2H3,(H2,22,27)(H,23,28)/t8-,9+/m0/s1. The number of carbonyl (C=O) groups is 3. The number of hydrogen-bond donors (Lipinski definition) is 3. The summed E-state index contributed by atoms with van der Waals surface area (Å²) in [6, 6.07) is -0.762. The third kappa shape index (κ3) is 4.78. The fraction of sp³-hybridized carbons (Fsp3) is 0.444. The van der Waals surface area contributed by atoms with E-state index in [1.54, 1.807) is 18.7 Å². The number of anilines is 1. The lowest BCUT2D eigenvalue weighted by atomic mass is 10.0. The molecular weight excluding hydrogens is 472 g/mol. The highest BCUT2D eigenvalue weighted by molar-refractivity contribution is 7.17. The first kappa shape index (κ1) is 23.3. The molecule has 13 heteroatoms. The van der Waals surface area contributed by atoms with E-state index in [-0.39, 0.29) is 51.1 Å². The van der Waals surface area contributed by atoms with Gasteiger partial charge in [-0.1, -0.05) is 34.5 Å². The Kier molecular flexibility index (Phi) is 7.07. The number of nitrogens with one attached hydrogen (secondary N) is 2. The topological polar surface area (TPSA) is 130 Å². The number of aromatic nitrogens is 2. The molecule has 3 rings (SSSR count). The molecule has 0 saturated carbocycles. The SMILES string of the molecule is CCOC(=O)c1sc(N2CC[C@@H](NC(=O)c3[nH]c(Cl)c(C)c3Cl)[C@@H](F)C2)nc1C(N)=O. The van der Waals surface area contributed by atoms with E-state index in [2.05, 4.69) is 15.3 Å². The summed E-state index contributed by atoms with van der Waals surface area (Å²) < 4.78 is 19.8. The van der Waals surface area contributed by atoms with Gasteiger partial charge in [-0.25, -0.2) is 14.2 Å². The van der Waals surface area contributed by atoms with Crippen molar-refractivity contribution in [3.8, 4) is 0 Å². The van der Waals surface area contributed by atoms with Gasteiger partial charge in [0.15, 0.2) is 10.8 Å². The van der Waals surface area contributed by atoms with Gasteiger partial charge in [-0.3, -0.25) is 9.59 Å². The molecule has 1 aliphatic rings. The van der Waals surface area contributed by atoms with Gasteiger partial charge < -0.3 is 25.7 Å². The molecule has 31 heavy (non-hydrogen) atoms. The number of thiazole rings is 1. The molecule has 2 atom stereocenters. The molecule has 0 radical (unpaired) electrons. The number of rotatable bonds is 6. The summed E-state index contributed by atoms with van der Waals surface area (Å²) in [6.07, 6.45) is -1.17. The zero-order valence-corrected chi connectivity index (χ0v) is 19.0. The minimum atomic E-state index is -1.44. The maximum absolute atomic E-state index is 14.9. The van der Waals surface area contributed by atoms with Crippen LogP contribution in [0, 0.1) is 6.92 Å². The summed E-state index contributed by atoms with van der Waals surface area (Å²) in [4.78, 5) is 44.6. The molecule has 1 aliphatic heterocycles. The van der Waals surface area contributed by atoms with Crippen molar-refractivity contribution in [1.29, 1.82) is 0 Å². The van der Waals surface area contributed by atoms with Crippen molar-refractivity contribution in [2.45, 2.75) is 32.5 Å². The first-order valence-electron chi connectivity index (χ1n) is 9.35. The van der Waals surface area contributed by atoms with Crippen LogP contribution in [0.5, 0.6) is 0 Å². The van der Waals surface area contributed by atoms with Crippen LogP contribution in [-0.2, 0) is 4.74 Å². The molecule has 3 heterocycles. The van der Waals surface area contributed by atoms with Gasteiger partial charge in [-0.15, -0.1) is 0 Å². The average Bonchev–Trinajstić information content (AvgIpc) is 3.27. The number of primary amides is 1. The Morgan fingerprint density at radius 2 is 2.13 bits per heavy atom. The Morgan fingerprint density at radius 1 is 1.42 bits per heavy atom. The van der Waals surface area contributed by atoms with E-state index in [0.717, 1.165) is 11.3 Å². The van der Waals surface area contributed by atoms with Gasteiger partial charge in [0.05, 0.1) is 24.2 Å². The lowest BCUT2D eigenvalue weighted by molar-refractivity contribution is 0.0528. The molecule has 1 saturated heterocycles. The smallest absolute Gasteiger partial charge is 0.350 e. The van der Waals surface area contributed by atoms with Crippen LogP contribution in [-0.4, -0.2) is 59.7 Å².